The second kappa shape index (κ2) is 5.24. The number of nitrogen functional groups attached to an aromatic ring is 1. The fourth-order valence-electron chi connectivity index (χ4n) is 1.50. The molecule has 3 N–H and O–H groups in total. The zero-order valence-electron chi connectivity index (χ0n) is 11.3. The summed E-state index contributed by atoms with van der Waals surface area (Å²) in [4.78, 5) is 13.4. The summed E-state index contributed by atoms with van der Waals surface area (Å²) in [6.07, 6.45) is 0. The van der Waals surface area contributed by atoms with Crippen molar-refractivity contribution in [1.29, 1.82) is 0 Å². The van der Waals surface area contributed by atoms with E-state index in [9.17, 15) is 8.78 Å². The number of aromatic nitrogens is 3. The van der Waals surface area contributed by atoms with Crippen molar-refractivity contribution in [1.82, 2.24) is 15.0 Å². The minimum absolute atomic E-state index is 0.0146. The Morgan fingerprint density at radius 1 is 1.10 bits per heavy atom. The Morgan fingerprint density at radius 2 is 1.80 bits per heavy atom. The van der Waals surface area contributed by atoms with Gasteiger partial charge in [-0.3, -0.25) is 0 Å². The van der Waals surface area contributed by atoms with Crippen molar-refractivity contribution in [3.05, 3.63) is 29.3 Å². The number of halogens is 2. The minimum Gasteiger partial charge on any atom is -0.368 e. The molecule has 2 rings (SSSR count). The molecule has 1 heterocycles. The molecule has 0 spiro atoms. The Kier molecular flexibility index (Phi) is 3.64. The highest BCUT2D eigenvalue weighted by atomic mass is 19.1. The van der Waals surface area contributed by atoms with Crippen LogP contribution < -0.4 is 16.0 Å². The van der Waals surface area contributed by atoms with Crippen molar-refractivity contribution < 1.29 is 8.78 Å². The van der Waals surface area contributed by atoms with Crippen LogP contribution in [0.1, 0.15) is 5.56 Å². The SMILES string of the molecule is Cc1cc(F)c(Nc2nc(N)nc(N(C)C)n2)cc1F. The number of anilines is 4. The summed E-state index contributed by atoms with van der Waals surface area (Å²) >= 11 is 0. The molecule has 0 amide bonds. The van der Waals surface area contributed by atoms with Gasteiger partial charge < -0.3 is 16.0 Å². The standard InChI is InChI=1S/C12H14F2N6/c1-6-4-8(14)9(5-7(6)13)16-11-17-10(15)18-12(19-11)20(2)3/h4-5H,1-3H3,(H3,15,16,17,18,19). The van der Waals surface area contributed by atoms with E-state index in [-0.39, 0.29) is 23.1 Å². The molecule has 2 aromatic rings. The highest BCUT2D eigenvalue weighted by Gasteiger charge is 2.11. The Bertz CT molecular complexity index is 644. The summed E-state index contributed by atoms with van der Waals surface area (Å²) in [6.45, 7) is 1.48. The summed E-state index contributed by atoms with van der Waals surface area (Å²) in [5.74, 6) is -0.784. The van der Waals surface area contributed by atoms with E-state index in [1.807, 2.05) is 0 Å². The number of rotatable bonds is 3. The zero-order chi connectivity index (χ0) is 14.9. The van der Waals surface area contributed by atoms with Crippen LogP contribution in [0.5, 0.6) is 0 Å². The summed E-state index contributed by atoms with van der Waals surface area (Å²) in [7, 11) is 3.45. The molecule has 0 radical (unpaired) electrons. The first-order valence-electron chi connectivity index (χ1n) is 5.78. The number of hydrogen-bond acceptors (Lipinski definition) is 6. The van der Waals surface area contributed by atoms with Gasteiger partial charge in [-0.25, -0.2) is 8.78 Å². The molecule has 0 saturated heterocycles. The van der Waals surface area contributed by atoms with E-state index >= 15 is 0 Å². The molecule has 0 fully saturated rings. The maximum atomic E-state index is 13.7. The summed E-state index contributed by atoms with van der Waals surface area (Å²) in [6, 6.07) is 2.13. The third-order valence-corrected chi connectivity index (χ3v) is 2.54. The van der Waals surface area contributed by atoms with Crippen molar-refractivity contribution in [3.63, 3.8) is 0 Å². The molecule has 0 aliphatic rings. The van der Waals surface area contributed by atoms with Gasteiger partial charge in [0.1, 0.15) is 11.6 Å². The summed E-state index contributed by atoms with van der Waals surface area (Å²) in [5.41, 5.74) is 5.70. The highest BCUT2D eigenvalue weighted by Crippen LogP contribution is 2.22. The van der Waals surface area contributed by atoms with E-state index in [1.165, 1.54) is 6.92 Å². The topological polar surface area (TPSA) is 80.0 Å². The molecule has 0 atom stereocenters. The number of nitrogens with zero attached hydrogens (tertiary/aromatic N) is 4. The lowest BCUT2D eigenvalue weighted by Gasteiger charge is -2.12. The quantitative estimate of drug-likeness (QED) is 0.893. The predicted molar refractivity (Wildman–Crippen MR) is 72.9 cm³/mol. The third-order valence-electron chi connectivity index (χ3n) is 2.54. The number of hydrogen-bond donors (Lipinski definition) is 2. The molecule has 106 valence electrons. The molecule has 20 heavy (non-hydrogen) atoms. The van der Waals surface area contributed by atoms with Crippen LogP contribution in [0.15, 0.2) is 12.1 Å². The number of benzene rings is 1. The van der Waals surface area contributed by atoms with Crippen molar-refractivity contribution in [2.24, 2.45) is 0 Å². The van der Waals surface area contributed by atoms with E-state index in [4.69, 9.17) is 5.73 Å². The van der Waals surface area contributed by atoms with E-state index in [2.05, 4.69) is 20.3 Å². The van der Waals surface area contributed by atoms with E-state index in [0.29, 0.717) is 5.95 Å². The lowest BCUT2D eigenvalue weighted by molar-refractivity contribution is 0.595. The molecule has 0 aliphatic heterocycles. The first-order valence-corrected chi connectivity index (χ1v) is 5.78. The Morgan fingerprint density at radius 3 is 2.45 bits per heavy atom. The molecular formula is C12H14F2N6. The molecule has 0 bridgehead atoms. The maximum absolute atomic E-state index is 13.7. The lowest BCUT2D eigenvalue weighted by Crippen LogP contribution is -2.16. The first kappa shape index (κ1) is 13.9. The second-order valence-electron chi connectivity index (χ2n) is 4.42. The van der Waals surface area contributed by atoms with E-state index in [0.717, 1.165) is 12.1 Å². The molecular weight excluding hydrogens is 266 g/mol. The van der Waals surface area contributed by atoms with E-state index < -0.39 is 11.6 Å². The van der Waals surface area contributed by atoms with Crippen LogP contribution in [0.25, 0.3) is 0 Å². The number of nitrogens with two attached hydrogens (primary N) is 1. The molecule has 1 aromatic heterocycles. The highest BCUT2D eigenvalue weighted by molar-refractivity contribution is 5.57. The average molecular weight is 280 g/mol. The van der Waals surface area contributed by atoms with Gasteiger partial charge in [-0.2, -0.15) is 15.0 Å². The second-order valence-corrected chi connectivity index (χ2v) is 4.42. The molecule has 0 aliphatic carbocycles. The summed E-state index contributed by atoms with van der Waals surface area (Å²) in [5, 5.41) is 2.59. The van der Waals surface area contributed by atoms with Gasteiger partial charge in [0.15, 0.2) is 0 Å². The number of aryl methyl sites for hydroxylation is 1. The lowest BCUT2D eigenvalue weighted by atomic mass is 10.2. The first-order chi connectivity index (χ1) is 9.36. The third kappa shape index (κ3) is 2.90. The molecule has 8 heteroatoms. The predicted octanol–water partition coefficient (Wildman–Crippen LogP) is 1.85. The largest absolute Gasteiger partial charge is 0.368 e. The Balaban J connectivity index is 2.37. The van der Waals surface area contributed by atoms with Gasteiger partial charge in [-0.15, -0.1) is 0 Å². The van der Waals surface area contributed by atoms with Crippen molar-refractivity contribution in [2.45, 2.75) is 6.92 Å². The van der Waals surface area contributed by atoms with Gasteiger partial charge in [0.05, 0.1) is 5.69 Å². The normalized spacial score (nSPS) is 10.4. The van der Waals surface area contributed by atoms with Crippen LogP contribution in [0.4, 0.5) is 32.3 Å². The van der Waals surface area contributed by atoms with Crippen LogP contribution in [0.2, 0.25) is 0 Å². The van der Waals surface area contributed by atoms with Gasteiger partial charge in [-0.05, 0) is 18.6 Å². The molecule has 6 nitrogen and oxygen atoms in total. The number of nitrogens with one attached hydrogen (secondary N) is 1. The van der Waals surface area contributed by atoms with Gasteiger partial charge in [-0.1, -0.05) is 0 Å². The van der Waals surface area contributed by atoms with Crippen LogP contribution in [0, 0.1) is 18.6 Å². The molecule has 1 aromatic carbocycles. The fourth-order valence-corrected chi connectivity index (χ4v) is 1.50. The Labute approximate surface area is 114 Å². The molecule has 0 saturated carbocycles. The van der Waals surface area contributed by atoms with Gasteiger partial charge in [0.25, 0.3) is 0 Å². The van der Waals surface area contributed by atoms with Crippen molar-refractivity contribution in [3.8, 4) is 0 Å². The average Bonchev–Trinajstić information content (AvgIpc) is 2.35. The van der Waals surface area contributed by atoms with Crippen LogP contribution in [-0.2, 0) is 0 Å². The Hall–Kier alpha value is -2.51. The minimum atomic E-state index is -0.603. The fraction of sp³-hybridized carbons (Fsp3) is 0.250. The molecule has 0 unspecified atom stereocenters. The van der Waals surface area contributed by atoms with E-state index in [1.54, 1.807) is 19.0 Å². The van der Waals surface area contributed by atoms with Crippen molar-refractivity contribution in [2.75, 3.05) is 30.0 Å². The van der Waals surface area contributed by atoms with Crippen LogP contribution in [-0.4, -0.2) is 29.0 Å². The van der Waals surface area contributed by atoms with Crippen LogP contribution in [0.3, 0.4) is 0 Å². The maximum Gasteiger partial charge on any atom is 0.233 e. The van der Waals surface area contributed by atoms with Gasteiger partial charge >= 0.3 is 0 Å². The van der Waals surface area contributed by atoms with Gasteiger partial charge in [0, 0.05) is 20.2 Å². The summed E-state index contributed by atoms with van der Waals surface area (Å²) < 4.78 is 27.2. The van der Waals surface area contributed by atoms with Crippen LogP contribution >= 0.6 is 0 Å². The van der Waals surface area contributed by atoms with Gasteiger partial charge in [0.2, 0.25) is 17.8 Å². The smallest absolute Gasteiger partial charge is 0.233 e. The van der Waals surface area contributed by atoms with Crippen molar-refractivity contribution >= 4 is 23.5 Å². The monoisotopic (exact) mass is 280 g/mol. The zero-order valence-corrected chi connectivity index (χ0v) is 11.3.